The predicted octanol–water partition coefficient (Wildman–Crippen LogP) is 5.94. The van der Waals surface area contributed by atoms with Crippen molar-refractivity contribution in [2.75, 3.05) is 0 Å². The monoisotopic (exact) mass is 472 g/mol. The highest BCUT2D eigenvalue weighted by Crippen LogP contribution is 2.60. The third-order valence-corrected chi connectivity index (χ3v) is 5.67. The maximum atomic E-state index is 13.1. The van der Waals surface area contributed by atoms with E-state index in [4.69, 9.17) is 4.74 Å². The van der Waals surface area contributed by atoms with E-state index in [0.717, 1.165) is 8.95 Å². The van der Waals surface area contributed by atoms with Gasteiger partial charge in [-0.25, -0.2) is 4.39 Å². The molecule has 1 aromatic carbocycles. The molecule has 24 heavy (non-hydrogen) atoms. The molecule has 0 aromatic heterocycles. The predicted molar refractivity (Wildman–Crippen MR) is 87.6 cm³/mol. The van der Waals surface area contributed by atoms with Gasteiger partial charge in [0.2, 0.25) is 0 Å². The lowest BCUT2D eigenvalue weighted by Crippen LogP contribution is -2.11. The van der Waals surface area contributed by atoms with E-state index in [1.165, 1.54) is 0 Å². The summed E-state index contributed by atoms with van der Waals surface area (Å²) in [6.07, 6.45) is -4.56. The largest absolute Gasteiger partial charge is 0.460 e. The van der Waals surface area contributed by atoms with Gasteiger partial charge >= 0.3 is 12.1 Å². The number of hydrogen-bond donors (Lipinski definition) is 0. The van der Waals surface area contributed by atoms with Gasteiger partial charge in [0.1, 0.15) is 6.61 Å². The van der Waals surface area contributed by atoms with Gasteiger partial charge < -0.3 is 4.74 Å². The van der Waals surface area contributed by atoms with Crippen molar-refractivity contribution < 1.29 is 27.1 Å². The summed E-state index contributed by atoms with van der Waals surface area (Å²) in [5.74, 6) is -4.45. The van der Waals surface area contributed by atoms with Crippen LogP contribution >= 0.6 is 31.9 Å². The maximum Gasteiger partial charge on any atom is 0.442 e. The van der Waals surface area contributed by atoms with Crippen molar-refractivity contribution in [3.63, 3.8) is 0 Å². The minimum absolute atomic E-state index is 0.0361. The van der Waals surface area contributed by atoms with Crippen LogP contribution in [-0.4, -0.2) is 12.1 Å². The molecule has 1 aromatic rings. The van der Waals surface area contributed by atoms with Gasteiger partial charge in [-0.05, 0) is 29.5 Å². The SMILES string of the molecule is CC1(C)[C@@H](/C=C(\F)C(F)(F)F)[C@@H]1C(=O)OCc1c(Br)cccc1Br. The van der Waals surface area contributed by atoms with Gasteiger partial charge in [-0.15, -0.1) is 0 Å². The van der Waals surface area contributed by atoms with Crippen molar-refractivity contribution in [3.05, 3.63) is 44.6 Å². The lowest BCUT2D eigenvalue weighted by atomic mass is 10.1. The fourth-order valence-electron chi connectivity index (χ4n) is 2.59. The number of esters is 1. The topological polar surface area (TPSA) is 26.3 Å². The Bertz CT molecular complexity index is 663. The van der Waals surface area contributed by atoms with E-state index in [2.05, 4.69) is 31.9 Å². The number of ether oxygens (including phenoxy) is 1. The van der Waals surface area contributed by atoms with Crippen molar-refractivity contribution in [2.45, 2.75) is 26.6 Å². The van der Waals surface area contributed by atoms with Crippen LogP contribution < -0.4 is 0 Å². The van der Waals surface area contributed by atoms with E-state index in [9.17, 15) is 22.4 Å². The Kier molecular flexibility index (Phi) is 5.49. The van der Waals surface area contributed by atoms with Gasteiger partial charge in [0.05, 0.1) is 5.92 Å². The Hall–Kier alpha value is -0.890. The lowest BCUT2D eigenvalue weighted by Gasteiger charge is -2.09. The first-order valence-corrected chi connectivity index (χ1v) is 8.59. The zero-order chi connectivity index (χ0) is 18.3. The minimum atomic E-state index is -5.03. The van der Waals surface area contributed by atoms with E-state index in [0.29, 0.717) is 11.6 Å². The molecule has 1 fully saturated rings. The second-order valence-corrected chi connectivity index (χ2v) is 7.85. The van der Waals surface area contributed by atoms with Crippen molar-refractivity contribution in [2.24, 2.45) is 17.3 Å². The molecule has 0 aliphatic heterocycles. The summed E-state index contributed by atoms with van der Waals surface area (Å²) >= 11 is 6.67. The number of carbonyl (C=O) groups is 1. The fourth-order valence-corrected chi connectivity index (χ4v) is 3.82. The Balaban J connectivity index is 2.06. The zero-order valence-corrected chi connectivity index (χ0v) is 15.9. The van der Waals surface area contributed by atoms with Crippen molar-refractivity contribution in [1.82, 2.24) is 0 Å². The van der Waals surface area contributed by atoms with E-state index in [1.807, 2.05) is 0 Å². The van der Waals surface area contributed by atoms with Crippen LogP contribution in [0, 0.1) is 17.3 Å². The van der Waals surface area contributed by atoms with Crippen LogP contribution in [0.15, 0.2) is 39.0 Å². The molecule has 1 aliphatic rings. The van der Waals surface area contributed by atoms with Crippen LogP contribution in [0.1, 0.15) is 19.4 Å². The first-order valence-electron chi connectivity index (χ1n) is 7.00. The average Bonchev–Trinajstić information content (AvgIpc) is 2.98. The van der Waals surface area contributed by atoms with Gasteiger partial charge in [-0.1, -0.05) is 51.8 Å². The van der Waals surface area contributed by atoms with Crippen LogP contribution in [0.25, 0.3) is 0 Å². The number of allylic oxidation sites excluding steroid dienone is 2. The molecule has 1 aliphatic carbocycles. The molecule has 2 rings (SSSR count). The molecule has 0 saturated heterocycles. The molecule has 2 nitrogen and oxygen atoms in total. The quantitative estimate of drug-likeness (QED) is 0.399. The minimum Gasteiger partial charge on any atom is -0.460 e. The molecule has 0 bridgehead atoms. The maximum absolute atomic E-state index is 13.1. The zero-order valence-electron chi connectivity index (χ0n) is 12.8. The first kappa shape index (κ1) is 19.4. The molecule has 2 atom stereocenters. The lowest BCUT2D eigenvalue weighted by molar-refractivity contribution is -0.147. The number of carbonyl (C=O) groups excluding carboxylic acids is 1. The fraction of sp³-hybridized carbons (Fsp3) is 0.438. The molecular formula is C16H14Br2F4O2. The summed E-state index contributed by atoms with van der Waals surface area (Å²) < 4.78 is 56.7. The number of halogens is 6. The highest BCUT2D eigenvalue weighted by molar-refractivity contribution is 9.11. The van der Waals surface area contributed by atoms with Crippen molar-refractivity contribution in [3.8, 4) is 0 Å². The van der Waals surface area contributed by atoms with Crippen LogP contribution in [0.3, 0.4) is 0 Å². The molecule has 0 radical (unpaired) electrons. The molecule has 0 unspecified atom stereocenters. The Morgan fingerprint density at radius 2 is 1.83 bits per heavy atom. The molecule has 0 N–H and O–H groups in total. The second kappa shape index (κ2) is 6.78. The molecule has 1 saturated carbocycles. The molecular weight excluding hydrogens is 460 g/mol. The number of rotatable bonds is 4. The summed E-state index contributed by atoms with van der Waals surface area (Å²) in [6, 6.07) is 5.35. The Labute approximate surface area is 153 Å². The van der Waals surface area contributed by atoms with Crippen LogP contribution in [0.4, 0.5) is 17.6 Å². The molecule has 0 spiro atoms. The summed E-state index contributed by atoms with van der Waals surface area (Å²) in [6.45, 7) is 3.18. The molecule has 0 amide bonds. The summed E-state index contributed by atoms with van der Waals surface area (Å²) in [5, 5.41) is 0. The molecule has 0 heterocycles. The smallest absolute Gasteiger partial charge is 0.442 e. The number of alkyl halides is 3. The van der Waals surface area contributed by atoms with Crippen LogP contribution in [-0.2, 0) is 16.1 Å². The van der Waals surface area contributed by atoms with E-state index >= 15 is 0 Å². The van der Waals surface area contributed by atoms with Gasteiger partial charge in [-0.3, -0.25) is 4.79 Å². The molecule has 8 heteroatoms. The highest BCUT2D eigenvalue weighted by atomic mass is 79.9. The summed E-state index contributed by atoms with van der Waals surface area (Å²) in [4.78, 5) is 12.2. The number of hydrogen-bond acceptors (Lipinski definition) is 2. The third kappa shape index (κ3) is 4.02. The van der Waals surface area contributed by atoms with Gasteiger partial charge in [0.15, 0.2) is 5.83 Å². The van der Waals surface area contributed by atoms with E-state index in [-0.39, 0.29) is 6.61 Å². The van der Waals surface area contributed by atoms with Crippen molar-refractivity contribution >= 4 is 37.8 Å². The third-order valence-electron chi connectivity index (χ3n) is 4.18. The van der Waals surface area contributed by atoms with Crippen LogP contribution in [0.2, 0.25) is 0 Å². The Morgan fingerprint density at radius 1 is 1.29 bits per heavy atom. The second-order valence-electron chi connectivity index (χ2n) is 6.15. The van der Waals surface area contributed by atoms with Crippen molar-refractivity contribution in [1.29, 1.82) is 0 Å². The highest BCUT2D eigenvalue weighted by Gasteiger charge is 2.62. The average molecular weight is 474 g/mol. The standard InChI is InChI=1S/C16H14Br2F4O2/c1-15(2)9(6-12(19)16(20,21)22)13(15)14(23)24-7-8-10(17)4-3-5-11(8)18/h3-6,9,13H,7H2,1-2H3/b12-6-/t9-,13+/m0/s1. The van der Waals surface area contributed by atoms with Gasteiger partial charge in [0, 0.05) is 14.5 Å². The number of benzene rings is 1. The molecule has 132 valence electrons. The van der Waals surface area contributed by atoms with Gasteiger partial charge in [-0.2, -0.15) is 13.2 Å². The summed E-state index contributed by atoms with van der Waals surface area (Å²) in [5.41, 5.74) is -0.0666. The van der Waals surface area contributed by atoms with Crippen LogP contribution in [0.5, 0.6) is 0 Å². The first-order chi connectivity index (χ1) is 11.0. The van der Waals surface area contributed by atoms with Gasteiger partial charge in [0.25, 0.3) is 0 Å². The normalized spacial score (nSPS) is 23.1. The van der Waals surface area contributed by atoms with E-state index in [1.54, 1.807) is 32.0 Å². The summed E-state index contributed by atoms with van der Waals surface area (Å²) in [7, 11) is 0. The van der Waals surface area contributed by atoms with E-state index < -0.39 is 35.2 Å². The Morgan fingerprint density at radius 3 is 2.33 bits per heavy atom.